The highest BCUT2D eigenvalue weighted by atomic mass is 127. The van der Waals surface area contributed by atoms with E-state index in [0.29, 0.717) is 5.82 Å². The Balaban J connectivity index is 0.00000272. The SMILES string of the molecule is CCNC(=NCCN1CCc2ccccc2C1)NC1CCN(c2ncccc2F)C1.I. The van der Waals surface area contributed by atoms with Gasteiger partial charge in [0.05, 0.1) is 6.54 Å². The zero-order valence-electron chi connectivity index (χ0n) is 18.1. The van der Waals surface area contributed by atoms with Gasteiger partial charge in [0.1, 0.15) is 0 Å². The first-order valence-electron chi connectivity index (χ1n) is 10.9. The topological polar surface area (TPSA) is 55.8 Å². The largest absolute Gasteiger partial charge is 0.357 e. The fraction of sp³-hybridized carbons (Fsp3) is 0.478. The van der Waals surface area contributed by atoms with E-state index in [0.717, 1.165) is 64.6 Å². The smallest absolute Gasteiger partial charge is 0.191 e. The van der Waals surface area contributed by atoms with E-state index in [4.69, 9.17) is 4.99 Å². The lowest BCUT2D eigenvalue weighted by molar-refractivity contribution is 0.261. The fourth-order valence-electron chi connectivity index (χ4n) is 4.24. The van der Waals surface area contributed by atoms with Crippen molar-refractivity contribution >= 4 is 35.8 Å². The number of anilines is 1. The summed E-state index contributed by atoms with van der Waals surface area (Å²) in [6, 6.07) is 12.0. The summed E-state index contributed by atoms with van der Waals surface area (Å²) >= 11 is 0. The molecule has 1 aromatic heterocycles. The van der Waals surface area contributed by atoms with Gasteiger partial charge in [0.15, 0.2) is 17.6 Å². The zero-order chi connectivity index (χ0) is 20.8. The van der Waals surface area contributed by atoms with Crippen LogP contribution < -0.4 is 15.5 Å². The number of hydrogen-bond donors (Lipinski definition) is 2. The van der Waals surface area contributed by atoms with E-state index in [1.165, 1.54) is 17.2 Å². The molecule has 8 heteroatoms. The molecule has 1 fully saturated rings. The van der Waals surface area contributed by atoms with Crippen LogP contribution in [0.4, 0.5) is 10.2 Å². The fourth-order valence-corrected chi connectivity index (χ4v) is 4.24. The van der Waals surface area contributed by atoms with Crippen molar-refractivity contribution < 1.29 is 4.39 Å². The maximum absolute atomic E-state index is 14.0. The van der Waals surface area contributed by atoms with Crippen LogP contribution in [-0.4, -0.2) is 61.2 Å². The minimum atomic E-state index is -0.262. The Hall–Kier alpha value is -1.94. The maximum atomic E-state index is 14.0. The lowest BCUT2D eigenvalue weighted by Gasteiger charge is -2.28. The molecule has 168 valence electrons. The highest BCUT2D eigenvalue weighted by molar-refractivity contribution is 14.0. The van der Waals surface area contributed by atoms with Crippen molar-refractivity contribution in [2.75, 3.05) is 44.2 Å². The second-order valence-electron chi connectivity index (χ2n) is 7.94. The van der Waals surface area contributed by atoms with E-state index in [2.05, 4.69) is 51.7 Å². The third-order valence-corrected chi connectivity index (χ3v) is 5.81. The van der Waals surface area contributed by atoms with E-state index in [9.17, 15) is 4.39 Å². The van der Waals surface area contributed by atoms with Gasteiger partial charge in [0.25, 0.3) is 0 Å². The van der Waals surface area contributed by atoms with Crippen molar-refractivity contribution in [3.05, 3.63) is 59.5 Å². The molecule has 3 heterocycles. The number of fused-ring (bicyclic) bond motifs is 1. The van der Waals surface area contributed by atoms with Crippen LogP contribution in [-0.2, 0) is 13.0 Å². The van der Waals surface area contributed by atoms with Gasteiger partial charge in [-0.15, -0.1) is 24.0 Å². The normalized spacial score (nSPS) is 19.0. The second-order valence-corrected chi connectivity index (χ2v) is 7.94. The number of aliphatic imine (C=N–C) groups is 1. The minimum absolute atomic E-state index is 0. The number of pyridine rings is 1. The van der Waals surface area contributed by atoms with Crippen molar-refractivity contribution in [1.29, 1.82) is 0 Å². The van der Waals surface area contributed by atoms with Crippen LogP contribution in [0, 0.1) is 5.82 Å². The molecule has 0 bridgehead atoms. The lowest BCUT2D eigenvalue weighted by atomic mass is 10.0. The predicted octanol–water partition coefficient (Wildman–Crippen LogP) is 3.03. The highest BCUT2D eigenvalue weighted by Gasteiger charge is 2.26. The van der Waals surface area contributed by atoms with Gasteiger partial charge >= 0.3 is 0 Å². The summed E-state index contributed by atoms with van der Waals surface area (Å²) in [6.07, 6.45) is 3.69. The van der Waals surface area contributed by atoms with Gasteiger partial charge in [-0.1, -0.05) is 24.3 Å². The average molecular weight is 538 g/mol. The first-order chi connectivity index (χ1) is 14.7. The Morgan fingerprint density at radius 1 is 1.19 bits per heavy atom. The van der Waals surface area contributed by atoms with Gasteiger partial charge in [-0.2, -0.15) is 0 Å². The Morgan fingerprint density at radius 2 is 2.03 bits per heavy atom. The number of nitrogens with one attached hydrogen (secondary N) is 2. The van der Waals surface area contributed by atoms with Crippen LogP contribution >= 0.6 is 24.0 Å². The molecule has 2 N–H and O–H groups in total. The third kappa shape index (κ3) is 6.29. The first kappa shape index (κ1) is 23.7. The molecule has 2 aliphatic heterocycles. The van der Waals surface area contributed by atoms with Gasteiger partial charge in [-0.25, -0.2) is 9.37 Å². The van der Waals surface area contributed by atoms with Gasteiger partial charge in [0.2, 0.25) is 0 Å². The summed E-state index contributed by atoms with van der Waals surface area (Å²) in [7, 11) is 0. The van der Waals surface area contributed by atoms with Crippen molar-refractivity contribution in [3.63, 3.8) is 0 Å². The summed E-state index contributed by atoms with van der Waals surface area (Å²) in [5, 5.41) is 6.86. The van der Waals surface area contributed by atoms with Gasteiger partial charge in [0, 0.05) is 51.5 Å². The van der Waals surface area contributed by atoms with E-state index >= 15 is 0 Å². The number of rotatable bonds is 6. The predicted molar refractivity (Wildman–Crippen MR) is 135 cm³/mol. The molecular weight excluding hydrogens is 506 g/mol. The summed E-state index contributed by atoms with van der Waals surface area (Å²) in [6.45, 7) is 8.19. The highest BCUT2D eigenvalue weighted by Crippen LogP contribution is 2.21. The maximum Gasteiger partial charge on any atom is 0.191 e. The zero-order valence-corrected chi connectivity index (χ0v) is 20.4. The summed E-state index contributed by atoms with van der Waals surface area (Å²) < 4.78 is 14.0. The van der Waals surface area contributed by atoms with E-state index in [-0.39, 0.29) is 35.8 Å². The van der Waals surface area contributed by atoms with Gasteiger partial charge < -0.3 is 15.5 Å². The lowest BCUT2D eigenvalue weighted by Crippen LogP contribution is -2.45. The number of hydrogen-bond acceptors (Lipinski definition) is 4. The molecule has 0 saturated carbocycles. The van der Waals surface area contributed by atoms with Crippen molar-refractivity contribution in [2.24, 2.45) is 4.99 Å². The Labute approximate surface area is 201 Å². The van der Waals surface area contributed by atoms with Gasteiger partial charge in [-0.3, -0.25) is 9.89 Å². The summed E-state index contributed by atoms with van der Waals surface area (Å²) in [5.41, 5.74) is 2.91. The number of nitrogens with zero attached hydrogens (tertiary/aromatic N) is 4. The molecule has 1 saturated heterocycles. The number of guanidine groups is 1. The molecule has 4 rings (SSSR count). The number of benzene rings is 1. The van der Waals surface area contributed by atoms with Crippen LogP contribution in [0.3, 0.4) is 0 Å². The number of aromatic nitrogens is 1. The van der Waals surface area contributed by atoms with Crippen LogP contribution in [0.2, 0.25) is 0 Å². The molecule has 0 spiro atoms. The molecule has 1 unspecified atom stereocenters. The molecule has 2 aliphatic rings. The number of halogens is 2. The van der Waals surface area contributed by atoms with Crippen molar-refractivity contribution in [3.8, 4) is 0 Å². The van der Waals surface area contributed by atoms with Crippen molar-refractivity contribution in [2.45, 2.75) is 32.4 Å². The van der Waals surface area contributed by atoms with Crippen molar-refractivity contribution in [1.82, 2.24) is 20.5 Å². The van der Waals surface area contributed by atoms with Crippen LogP contribution in [0.15, 0.2) is 47.6 Å². The molecule has 31 heavy (non-hydrogen) atoms. The second kappa shape index (κ2) is 11.6. The molecular formula is C23H32FIN6. The summed E-state index contributed by atoms with van der Waals surface area (Å²) in [5.74, 6) is 1.01. The molecule has 6 nitrogen and oxygen atoms in total. The standard InChI is InChI=1S/C23H31FN6.HI/c1-2-25-23(27-12-15-29-13-9-18-6-3-4-7-19(18)16-29)28-20-10-14-30(17-20)22-21(24)8-5-11-26-22;/h3-8,11,20H,2,9-10,12-17H2,1H3,(H2,25,27,28);1H. The molecule has 0 aliphatic carbocycles. The van der Waals surface area contributed by atoms with E-state index in [1.54, 1.807) is 12.3 Å². The third-order valence-electron chi connectivity index (χ3n) is 5.81. The van der Waals surface area contributed by atoms with Crippen LogP contribution in [0.25, 0.3) is 0 Å². The molecule has 1 atom stereocenters. The minimum Gasteiger partial charge on any atom is -0.357 e. The Bertz CT molecular complexity index is 877. The first-order valence-corrected chi connectivity index (χ1v) is 10.9. The average Bonchev–Trinajstić information content (AvgIpc) is 3.22. The molecule has 0 radical (unpaired) electrons. The van der Waals surface area contributed by atoms with Crippen LogP contribution in [0.1, 0.15) is 24.5 Å². The van der Waals surface area contributed by atoms with Gasteiger partial charge in [-0.05, 0) is 43.0 Å². The monoisotopic (exact) mass is 538 g/mol. The van der Waals surface area contributed by atoms with E-state index < -0.39 is 0 Å². The Morgan fingerprint density at radius 3 is 2.84 bits per heavy atom. The molecule has 1 aromatic carbocycles. The quantitative estimate of drug-likeness (QED) is 0.337. The molecule has 0 amide bonds. The Kier molecular flexibility index (Phi) is 8.89. The molecule has 2 aromatic rings. The van der Waals surface area contributed by atoms with E-state index in [1.807, 2.05) is 4.90 Å². The van der Waals surface area contributed by atoms with Crippen LogP contribution in [0.5, 0.6) is 0 Å². The summed E-state index contributed by atoms with van der Waals surface area (Å²) in [4.78, 5) is 13.5.